The van der Waals surface area contributed by atoms with Gasteiger partial charge in [0.05, 0.1) is 29.1 Å². The smallest absolute Gasteiger partial charge is 0.178 e. The van der Waals surface area contributed by atoms with E-state index in [1.54, 1.807) is 25.4 Å². The van der Waals surface area contributed by atoms with Crippen molar-refractivity contribution in [1.82, 2.24) is 9.97 Å². The first-order chi connectivity index (χ1) is 13.4. The summed E-state index contributed by atoms with van der Waals surface area (Å²) in [7, 11) is -1.96. The predicted octanol–water partition coefficient (Wildman–Crippen LogP) is 3.37. The van der Waals surface area contributed by atoms with E-state index in [-0.39, 0.29) is 22.9 Å². The van der Waals surface area contributed by atoms with E-state index in [0.29, 0.717) is 28.4 Å². The first-order valence-corrected chi connectivity index (χ1v) is 10.3. The lowest BCUT2D eigenvalue weighted by atomic mass is 10.2. The van der Waals surface area contributed by atoms with Gasteiger partial charge in [-0.2, -0.15) is 0 Å². The molecule has 2 heterocycles. The fourth-order valence-electron chi connectivity index (χ4n) is 2.71. The van der Waals surface area contributed by atoms with Crippen LogP contribution in [-0.4, -0.2) is 37.0 Å². The molecule has 28 heavy (non-hydrogen) atoms. The van der Waals surface area contributed by atoms with Crippen LogP contribution in [0.2, 0.25) is 0 Å². The first-order valence-electron chi connectivity index (χ1n) is 8.69. The fraction of sp³-hybridized carbons (Fsp3) is 0.190. The van der Waals surface area contributed by atoms with Gasteiger partial charge < -0.3 is 4.74 Å². The summed E-state index contributed by atoms with van der Waals surface area (Å²) < 4.78 is 30.6. The second-order valence-corrected chi connectivity index (χ2v) is 8.36. The van der Waals surface area contributed by atoms with Crippen LogP contribution in [0.1, 0.15) is 23.0 Å². The number of sulfone groups is 1. The van der Waals surface area contributed by atoms with Crippen LogP contribution in [0.4, 0.5) is 0 Å². The van der Waals surface area contributed by atoms with E-state index in [1.165, 1.54) is 31.2 Å². The van der Waals surface area contributed by atoms with Crippen molar-refractivity contribution in [3.63, 3.8) is 0 Å². The number of carbonyl (C=O) groups excluding carboxylic acids is 1. The molecule has 0 saturated carbocycles. The number of methoxy groups -OCH3 is 1. The molecule has 2 aromatic heterocycles. The lowest BCUT2D eigenvalue weighted by molar-refractivity contribution is 0.101. The van der Waals surface area contributed by atoms with Gasteiger partial charge in [-0.1, -0.05) is 18.2 Å². The number of hydrogen-bond acceptors (Lipinski definition) is 6. The van der Waals surface area contributed by atoms with Gasteiger partial charge in [0.2, 0.25) is 0 Å². The Morgan fingerprint density at radius 1 is 1.04 bits per heavy atom. The summed E-state index contributed by atoms with van der Waals surface area (Å²) in [5.41, 5.74) is 2.39. The Morgan fingerprint density at radius 2 is 1.79 bits per heavy atom. The molecule has 0 fully saturated rings. The molecular formula is C21H20N2O4S. The van der Waals surface area contributed by atoms with Gasteiger partial charge in [0.15, 0.2) is 15.6 Å². The van der Waals surface area contributed by atoms with E-state index in [4.69, 9.17) is 4.74 Å². The summed E-state index contributed by atoms with van der Waals surface area (Å²) in [5.74, 6) is 0.384. The molecule has 0 atom stereocenters. The van der Waals surface area contributed by atoms with Crippen LogP contribution in [0, 0.1) is 0 Å². The molecule has 0 unspecified atom stereocenters. The third-order valence-electron chi connectivity index (χ3n) is 4.26. The number of aromatic nitrogens is 2. The molecule has 6 nitrogen and oxygen atoms in total. The van der Waals surface area contributed by atoms with Gasteiger partial charge in [-0.15, -0.1) is 0 Å². The van der Waals surface area contributed by atoms with Crippen molar-refractivity contribution in [2.75, 3.05) is 12.9 Å². The molecule has 0 bridgehead atoms. The number of ketones is 1. The Hall–Kier alpha value is -3.06. The zero-order valence-electron chi connectivity index (χ0n) is 15.6. The van der Waals surface area contributed by atoms with Crippen molar-refractivity contribution in [2.24, 2.45) is 0 Å². The lowest BCUT2D eigenvalue weighted by Gasteiger charge is -2.09. The Morgan fingerprint density at radius 3 is 2.39 bits per heavy atom. The molecule has 0 amide bonds. The van der Waals surface area contributed by atoms with Crippen LogP contribution in [0.25, 0.3) is 11.4 Å². The number of ether oxygens (including phenoxy) is 1. The molecule has 0 aliphatic carbocycles. The van der Waals surface area contributed by atoms with E-state index >= 15 is 0 Å². The number of hydrogen-bond donors (Lipinski definition) is 0. The van der Waals surface area contributed by atoms with Gasteiger partial charge in [0, 0.05) is 36.0 Å². The number of carbonyl (C=O) groups is 1. The normalized spacial score (nSPS) is 11.2. The molecule has 144 valence electrons. The average Bonchev–Trinajstić information content (AvgIpc) is 2.73. The van der Waals surface area contributed by atoms with E-state index in [0.717, 1.165) is 0 Å². The summed E-state index contributed by atoms with van der Waals surface area (Å²) >= 11 is 0. The molecule has 0 aliphatic heterocycles. The van der Waals surface area contributed by atoms with Crippen LogP contribution in [-0.2, 0) is 16.3 Å². The zero-order chi connectivity index (χ0) is 20.1. The van der Waals surface area contributed by atoms with Gasteiger partial charge in [-0.3, -0.25) is 14.8 Å². The average molecular weight is 396 g/mol. The van der Waals surface area contributed by atoms with Crippen molar-refractivity contribution in [2.45, 2.75) is 18.2 Å². The van der Waals surface area contributed by atoms with Crippen LogP contribution >= 0.6 is 0 Å². The topological polar surface area (TPSA) is 86.2 Å². The van der Waals surface area contributed by atoms with E-state index in [1.807, 2.05) is 18.2 Å². The summed E-state index contributed by atoms with van der Waals surface area (Å²) in [6.07, 6.45) is 1.90. The number of nitrogens with zero attached hydrogens (tertiary/aromatic N) is 2. The Bertz CT molecular complexity index is 1080. The maximum Gasteiger partial charge on any atom is 0.178 e. The van der Waals surface area contributed by atoms with E-state index in [9.17, 15) is 13.2 Å². The molecular weight excluding hydrogens is 376 g/mol. The minimum Gasteiger partial charge on any atom is -0.497 e. The maximum absolute atomic E-state index is 12.6. The summed E-state index contributed by atoms with van der Waals surface area (Å²) in [6, 6.07) is 15.0. The highest BCUT2D eigenvalue weighted by Crippen LogP contribution is 2.22. The van der Waals surface area contributed by atoms with Crippen LogP contribution in [0.5, 0.6) is 5.75 Å². The molecule has 3 rings (SSSR count). The maximum atomic E-state index is 12.6. The third-order valence-corrected chi connectivity index (χ3v) is 5.99. The Labute approximate surface area is 164 Å². The third kappa shape index (κ3) is 4.61. The molecule has 0 spiro atoms. The highest BCUT2D eigenvalue weighted by Gasteiger charge is 2.16. The van der Waals surface area contributed by atoms with Gasteiger partial charge in [0.25, 0.3) is 0 Å². The van der Waals surface area contributed by atoms with Crippen molar-refractivity contribution >= 4 is 15.6 Å². The summed E-state index contributed by atoms with van der Waals surface area (Å²) in [6.45, 7) is 1.44. The first kappa shape index (κ1) is 19.7. The van der Waals surface area contributed by atoms with Gasteiger partial charge in [0.1, 0.15) is 5.75 Å². The Kier molecular flexibility index (Phi) is 5.84. The molecule has 7 heteroatoms. The molecule has 3 aromatic rings. The number of pyridine rings is 2. The molecule has 0 saturated heterocycles. The Balaban J connectivity index is 1.82. The lowest BCUT2D eigenvalue weighted by Crippen LogP contribution is -2.11. The van der Waals surface area contributed by atoms with E-state index in [2.05, 4.69) is 9.97 Å². The van der Waals surface area contributed by atoms with Gasteiger partial charge in [-0.25, -0.2) is 8.42 Å². The fourth-order valence-corrected chi connectivity index (χ4v) is 3.97. The van der Waals surface area contributed by atoms with Crippen molar-refractivity contribution in [1.29, 1.82) is 0 Å². The van der Waals surface area contributed by atoms with Gasteiger partial charge in [-0.05, 0) is 31.2 Å². The molecule has 0 N–H and O–H groups in total. The van der Waals surface area contributed by atoms with Crippen molar-refractivity contribution in [3.05, 3.63) is 72.1 Å². The number of Topliss-reactive ketones (excluding diaryl/α,β-unsaturated/α-hetero) is 1. The molecule has 1 aromatic carbocycles. The minimum absolute atomic E-state index is 0.103. The quantitative estimate of drug-likeness (QED) is 0.569. The SMILES string of the molecule is COc1cc(CCS(=O)(=O)c2ccc(C(C)=O)cc2)nc(-c2ccccn2)c1. The van der Waals surface area contributed by atoms with Crippen LogP contribution in [0.3, 0.4) is 0 Å². The molecule has 0 aliphatic rings. The monoisotopic (exact) mass is 396 g/mol. The zero-order valence-corrected chi connectivity index (χ0v) is 16.4. The molecule has 0 radical (unpaired) electrons. The second-order valence-electron chi connectivity index (χ2n) is 6.25. The van der Waals surface area contributed by atoms with Crippen molar-refractivity contribution in [3.8, 4) is 17.1 Å². The van der Waals surface area contributed by atoms with Crippen LogP contribution < -0.4 is 4.74 Å². The van der Waals surface area contributed by atoms with Gasteiger partial charge >= 0.3 is 0 Å². The van der Waals surface area contributed by atoms with E-state index < -0.39 is 9.84 Å². The summed E-state index contributed by atoms with van der Waals surface area (Å²) in [4.78, 5) is 20.4. The highest BCUT2D eigenvalue weighted by atomic mass is 32.2. The highest BCUT2D eigenvalue weighted by molar-refractivity contribution is 7.91. The largest absolute Gasteiger partial charge is 0.497 e. The minimum atomic E-state index is -3.51. The standard InChI is InChI=1S/C21H20N2O4S/c1-15(24)16-6-8-19(9-7-16)28(25,26)12-10-17-13-18(27-2)14-21(23-17)20-5-3-4-11-22-20/h3-9,11,13-14H,10,12H2,1-2H3. The number of rotatable bonds is 7. The number of aryl methyl sites for hydroxylation is 1. The summed E-state index contributed by atoms with van der Waals surface area (Å²) in [5, 5.41) is 0. The predicted molar refractivity (Wildman–Crippen MR) is 106 cm³/mol. The number of benzene rings is 1. The second kappa shape index (κ2) is 8.31. The van der Waals surface area contributed by atoms with Crippen molar-refractivity contribution < 1.29 is 17.9 Å². The van der Waals surface area contributed by atoms with Crippen LogP contribution in [0.15, 0.2) is 65.7 Å².